The van der Waals surface area contributed by atoms with E-state index in [1.165, 1.54) is 0 Å². The maximum Gasteiger partial charge on any atom is 0.193 e. The molecule has 0 aliphatic carbocycles. The van der Waals surface area contributed by atoms with Crippen LogP contribution in [0.3, 0.4) is 0 Å². The van der Waals surface area contributed by atoms with E-state index < -0.39 is 14.6 Å². The quantitative estimate of drug-likeness (QED) is 0.235. The van der Waals surface area contributed by atoms with Gasteiger partial charge in [0, 0.05) is 47.0 Å². The summed E-state index contributed by atoms with van der Waals surface area (Å²) in [6.45, 7) is 8.75. The zero-order chi connectivity index (χ0) is 18.9. The molecule has 0 atom stereocenters. The molecule has 0 amide bonds. The largest absolute Gasteiger partial charge is 0.385 e. The molecule has 1 fully saturated rings. The summed E-state index contributed by atoms with van der Waals surface area (Å²) in [5.74, 6) is 0.871. The Hall–Kier alpha value is -0.130. The van der Waals surface area contributed by atoms with Gasteiger partial charge in [-0.1, -0.05) is 0 Å². The number of methoxy groups -OCH3 is 1. The Labute approximate surface area is 176 Å². The van der Waals surface area contributed by atoms with Crippen LogP contribution in [0.15, 0.2) is 4.99 Å². The lowest BCUT2D eigenvalue weighted by Gasteiger charge is -2.34. The van der Waals surface area contributed by atoms with E-state index in [1.807, 2.05) is 0 Å². The fraction of sp³-hybridized carbons (Fsp3) is 0.941. The van der Waals surface area contributed by atoms with Crippen LogP contribution in [0, 0.1) is 0 Å². The maximum absolute atomic E-state index is 12.2. The molecular weight excluding hydrogens is 469 g/mol. The van der Waals surface area contributed by atoms with E-state index in [9.17, 15) is 8.42 Å². The highest BCUT2D eigenvalue weighted by Gasteiger charge is 2.28. The van der Waals surface area contributed by atoms with Crippen molar-refractivity contribution >= 4 is 39.8 Å². The van der Waals surface area contributed by atoms with Crippen molar-refractivity contribution in [1.82, 2.24) is 10.2 Å². The van der Waals surface area contributed by atoms with Gasteiger partial charge in [0.15, 0.2) is 15.8 Å². The molecule has 7 nitrogen and oxygen atoms in total. The lowest BCUT2D eigenvalue weighted by molar-refractivity contribution is 0.00993. The Balaban J connectivity index is 0.00000625. The number of rotatable bonds is 8. The predicted octanol–water partition coefficient (Wildman–Crippen LogP) is 1.91. The average Bonchev–Trinajstić information content (AvgIpc) is 2.55. The van der Waals surface area contributed by atoms with Crippen LogP contribution in [0.5, 0.6) is 0 Å². The van der Waals surface area contributed by atoms with Crippen molar-refractivity contribution in [3.63, 3.8) is 0 Å². The second kappa shape index (κ2) is 12.4. The zero-order valence-corrected chi connectivity index (χ0v) is 19.9. The van der Waals surface area contributed by atoms with Crippen molar-refractivity contribution in [2.24, 2.45) is 4.99 Å². The number of hydrogen-bond acceptors (Lipinski definition) is 5. The van der Waals surface area contributed by atoms with Gasteiger partial charge in [-0.25, -0.2) is 8.42 Å². The fourth-order valence-electron chi connectivity index (χ4n) is 2.62. The molecule has 1 saturated heterocycles. The smallest absolute Gasteiger partial charge is 0.193 e. The standard InChI is InChI=1S/C17H35N3O4S.HI/c1-17(2,3)25(21,22)14-9-19-16(18-4)20-10-7-15(8-11-20)24-13-6-12-23-5;/h15H,6-14H2,1-5H3,(H,18,19);1H. The molecule has 0 unspecified atom stereocenters. The van der Waals surface area contributed by atoms with Gasteiger partial charge in [0.05, 0.1) is 16.6 Å². The first-order valence-electron chi connectivity index (χ1n) is 8.99. The minimum Gasteiger partial charge on any atom is -0.385 e. The van der Waals surface area contributed by atoms with Gasteiger partial charge in [-0.2, -0.15) is 0 Å². The summed E-state index contributed by atoms with van der Waals surface area (Å²) < 4.78 is 34.5. The Morgan fingerprint density at radius 3 is 2.35 bits per heavy atom. The Kier molecular flexibility index (Phi) is 12.3. The first-order valence-corrected chi connectivity index (χ1v) is 10.6. The first-order chi connectivity index (χ1) is 11.7. The van der Waals surface area contributed by atoms with Gasteiger partial charge in [0.25, 0.3) is 0 Å². The molecule has 0 aromatic carbocycles. The second-order valence-electron chi connectivity index (χ2n) is 7.31. The average molecular weight is 505 g/mol. The van der Waals surface area contributed by atoms with Crippen molar-refractivity contribution in [1.29, 1.82) is 0 Å². The number of sulfone groups is 1. The molecule has 0 bridgehead atoms. The number of likely N-dealkylation sites (tertiary alicyclic amines) is 1. The molecule has 0 aromatic rings. The first kappa shape index (κ1) is 25.9. The molecule has 1 aliphatic rings. The SMILES string of the molecule is CN=C(NCCS(=O)(=O)C(C)(C)C)N1CCC(OCCCOC)CC1.I. The van der Waals surface area contributed by atoms with Crippen LogP contribution < -0.4 is 5.32 Å². The van der Waals surface area contributed by atoms with Crippen LogP contribution in [0.25, 0.3) is 0 Å². The van der Waals surface area contributed by atoms with Gasteiger partial charge in [-0.15, -0.1) is 24.0 Å². The van der Waals surface area contributed by atoms with Gasteiger partial charge in [-0.05, 0) is 40.0 Å². The van der Waals surface area contributed by atoms with Crippen molar-refractivity contribution in [3.8, 4) is 0 Å². The highest BCUT2D eigenvalue weighted by molar-refractivity contribution is 14.0. The molecule has 1 aliphatic heterocycles. The molecule has 1 heterocycles. The van der Waals surface area contributed by atoms with Crippen LogP contribution in [-0.4, -0.2) is 82.9 Å². The van der Waals surface area contributed by atoms with Gasteiger partial charge in [0.1, 0.15) is 0 Å². The fourth-order valence-corrected chi connectivity index (χ4v) is 3.61. The van der Waals surface area contributed by atoms with E-state index in [2.05, 4.69) is 15.2 Å². The Morgan fingerprint density at radius 1 is 1.23 bits per heavy atom. The van der Waals surface area contributed by atoms with Crippen LogP contribution in [0.4, 0.5) is 0 Å². The van der Waals surface area contributed by atoms with E-state index in [-0.39, 0.29) is 35.8 Å². The van der Waals surface area contributed by atoms with Gasteiger partial charge in [0.2, 0.25) is 0 Å². The van der Waals surface area contributed by atoms with E-state index in [0.29, 0.717) is 6.54 Å². The summed E-state index contributed by atoms with van der Waals surface area (Å²) in [5, 5.41) is 3.18. The predicted molar refractivity (Wildman–Crippen MR) is 117 cm³/mol. The number of nitrogens with one attached hydrogen (secondary N) is 1. The number of guanidine groups is 1. The number of piperidine rings is 1. The van der Waals surface area contributed by atoms with Gasteiger partial charge < -0.3 is 19.7 Å². The monoisotopic (exact) mass is 505 g/mol. The summed E-state index contributed by atoms with van der Waals surface area (Å²) in [6, 6.07) is 0. The highest BCUT2D eigenvalue weighted by atomic mass is 127. The van der Waals surface area contributed by atoms with E-state index in [4.69, 9.17) is 9.47 Å². The summed E-state index contributed by atoms with van der Waals surface area (Å²) in [4.78, 5) is 6.45. The lowest BCUT2D eigenvalue weighted by atomic mass is 10.1. The molecule has 26 heavy (non-hydrogen) atoms. The van der Waals surface area contributed by atoms with Gasteiger partial charge >= 0.3 is 0 Å². The minimum atomic E-state index is -3.12. The third-order valence-electron chi connectivity index (χ3n) is 4.39. The number of ether oxygens (including phenoxy) is 2. The topological polar surface area (TPSA) is 80.2 Å². The molecular formula is C17H36IN3O4S. The van der Waals surface area contributed by atoms with Crippen LogP contribution >= 0.6 is 24.0 Å². The number of hydrogen-bond donors (Lipinski definition) is 1. The van der Waals surface area contributed by atoms with Crippen molar-refractivity contribution in [2.45, 2.75) is 50.9 Å². The normalized spacial score (nSPS) is 17.1. The Morgan fingerprint density at radius 2 is 1.85 bits per heavy atom. The van der Waals surface area contributed by atoms with Crippen molar-refractivity contribution < 1.29 is 17.9 Å². The molecule has 9 heteroatoms. The number of halogens is 1. The van der Waals surface area contributed by atoms with E-state index >= 15 is 0 Å². The van der Waals surface area contributed by atoms with E-state index in [1.54, 1.807) is 34.9 Å². The molecule has 0 radical (unpaired) electrons. The van der Waals surface area contributed by atoms with Crippen LogP contribution in [0.1, 0.15) is 40.0 Å². The summed E-state index contributed by atoms with van der Waals surface area (Å²) in [6.07, 6.45) is 3.11. The lowest BCUT2D eigenvalue weighted by Crippen LogP contribution is -2.48. The van der Waals surface area contributed by atoms with Gasteiger partial charge in [-0.3, -0.25) is 4.99 Å². The van der Waals surface area contributed by atoms with Crippen molar-refractivity contribution in [2.75, 3.05) is 52.8 Å². The molecule has 0 aromatic heterocycles. The van der Waals surface area contributed by atoms with Crippen LogP contribution in [0.2, 0.25) is 0 Å². The summed E-state index contributed by atoms with van der Waals surface area (Å²) in [5.41, 5.74) is 0. The summed E-state index contributed by atoms with van der Waals surface area (Å²) >= 11 is 0. The third-order valence-corrected chi connectivity index (χ3v) is 6.99. The van der Waals surface area contributed by atoms with Crippen molar-refractivity contribution in [3.05, 3.63) is 0 Å². The zero-order valence-electron chi connectivity index (χ0n) is 16.8. The van der Waals surface area contributed by atoms with E-state index in [0.717, 1.165) is 51.5 Å². The highest BCUT2D eigenvalue weighted by Crippen LogP contribution is 2.16. The maximum atomic E-state index is 12.2. The molecule has 1 N–H and O–H groups in total. The third kappa shape index (κ3) is 8.71. The summed E-state index contributed by atoms with van der Waals surface area (Å²) in [7, 11) is 0.306. The second-order valence-corrected chi connectivity index (χ2v) is 10.2. The molecule has 0 saturated carbocycles. The minimum absolute atomic E-state index is 0. The number of nitrogens with zero attached hydrogens (tertiary/aromatic N) is 2. The molecule has 0 spiro atoms. The molecule has 1 rings (SSSR count). The molecule has 156 valence electrons. The Bertz CT molecular complexity index is 513. The number of aliphatic imine (C=N–C) groups is 1. The van der Waals surface area contributed by atoms with Crippen LogP contribution in [-0.2, 0) is 19.3 Å².